The summed E-state index contributed by atoms with van der Waals surface area (Å²) in [5.41, 5.74) is 0. The van der Waals surface area contributed by atoms with Gasteiger partial charge in [0, 0.05) is 13.2 Å². The minimum atomic E-state index is -0.789. The summed E-state index contributed by atoms with van der Waals surface area (Å²) in [4.78, 5) is 0. The van der Waals surface area contributed by atoms with Crippen LogP contribution in [-0.4, -0.2) is 44.3 Å². The molecule has 4 nitrogen and oxygen atoms in total. The SMILES string of the molecule is CCCCNCCOC(O)COCC. The predicted octanol–water partition coefficient (Wildman–Crippen LogP) is 0.748. The maximum Gasteiger partial charge on any atom is 0.178 e. The van der Waals surface area contributed by atoms with Crippen LogP contribution in [-0.2, 0) is 9.47 Å². The van der Waals surface area contributed by atoms with Crippen LogP contribution in [0.15, 0.2) is 0 Å². The average molecular weight is 205 g/mol. The van der Waals surface area contributed by atoms with Crippen LogP contribution in [0.3, 0.4) is 0 Å². The Labute approximate surface area is 86.6 Å². The molecule has 0 saturated heterocycles. The molecule has 0 aliphatic rings. The standard InChI is InChI=1S/C10H23NO3/c1-3-5-6-11-7-8-14-10(12)9-13-4-2/h10-12H,3-9H2,1-2H3. The second kappa shape index (κ2) is 10.9. The van der Waals surface area contributed by atoms with Gasteiger partial charge in [0.05, 0.1) is 13.2 Å². The Morgan fingerprint density at radius 1 is 1.29 bits per heavy atom. The van der Waals surface area contributed by atoms with E-state index in [4.69, 9.17) is 9.47 Å². The molecule has 0 aromatic heterocycles. The van der Waals surface area contributed by atoms with Gasteiger partial charge in [0.25, 0.3) is 0 Å². The van der Waals surface area contributed by atoms with E-state index in [0.717, 1.165) is 13.1 Å². The second-order valence-corrected chi connectivity index (χ2v) is 3.09. The molecular weight excluding hydrogens is 182 g/mol. The predicted molar refractivity (Wildman–Crippen MR) is 56.2 cm³/mol. The van der Waals surface area contributed by atoms with E-state index in [-0.39, 0.29) is 6.61 Å². The molecule has 0 aliphatic heterocycles. The molecule has 0 aromatic rings. The van der Waals surface area contributed by atoms with E-state index in [1.54, 1.807) is 0 Å². The van der Waals surface area contributed by atoms with Crippen molar-refractivity contribution in [2.75, 3.05) is 32.9 Å². The van der Waals surface area contributed by atoms with Gasteiger partial charge in [-0.3, -0.25) is 0 Å². The third-order valence-electron chi connectivity index (χ3n) is 1.76. The van der Waals surface area contributed by atoms with Crippen molar-refractivity contribution in [1.29, 1.82) is 0 Å². The highest BCUT2D eigenvalue weighted by molar-refractivity contribution is 4.46. The lowest BCUT2D eigenvalue weighted by Gasteiger charge is -2.11. The lowest BCUT2D eigenvalue weighted by molar-refractivity contribution is -0.135. The fourth-order valence-electron chi connectivity index (χ4n) is 0.961. The molecule has 0 heterocycles. The Bertz CT molecular complexity index is 112. The first-order valence-corrected chi connectivity index (χ1v) is 5.39. The first kappa shape index (κ1) is 13.8. The van der Waals surface area contributed by atoms with Crippen LogP contribution in [0.2, 0.25) is 0 Å². The molecule has 1 unspecified atom stereocenters. The summed E-state index contributed by atoms with van der Waals surface area (Å²) in [5.74, 6) is 0. The molecule has 86 valence electrons. The van der Waals surface area contributed by atoms with Crippen LogP contribution in [0.4, 0.5) is 0 Å². The van der Waals surface area contributed by atoms with Gasteiger partial charge in [0.2, 0.25) is 0 Å². The van der Waals surface area contributed by atoms with Gasteiger partial charge >= 0.3 is 0 Å². The summed E-state index contributed by atoms with van der Waals surface area (Å²) in [6, 6.07) is 0. The minimum absolute atomic E-state index is 0.255. The number of hydrogen-bond acceptors (Lipinski definition) is 4. The lowest BCUT2D eigenvalue weighted by atomic mass is 10.3. The number of ether oxygens (including phenoxy) is 2. The molecule has 2 N–H and O–H groups in total. The summed E-state index contributed by atoms with van der Waals surface area (Å²) >= 11 is 0. The summed E-state index contributed by atoms with van der Waals surface area (Å²) < 4.78 is 10.1. The Kier molecular flexibility index (Phi) is 10.8. The van der Waals surface area contributed by atoms with Crippen LogP contribution in [0.1, 0.15) is 26.7 Å². The number of hydrogen-bond donors (Lipinski definition) is 2. The van der Waals surface area contributed by atoms with Gasteiger partial charge in [-0.2, -0.15) is 0 Å². The first-order valence-electron chi connectivity index (χ1n) is 5.39. The Morgan fingerprint density at radius 2 is 2.07 bits per heavy atom. The summed E-state index contributed by atoms with van der Waals surface area (Å²) in [6.45, 7) is 7.23. The van der Waals surface area contributed by atoms with Crippen molar-refractivity contribution in [2.24, 2.45) is 0 Å². The van der Waals surface area contributed by atoms with Crippen LogP contribution in [0, 0.1) is 0 Å². The van der Waals surface area contributed by atoms with E-state index < -0.39 is 6.29 Å². The molecule has 0 amide bonds. The fraction of sp³-hybridized carbons (Fsp3) is 1.00. The average Bonchev–Trinajstić information content (AvgIpc) is 2.20. The van der Waals surface area contributed by atoms with E-state index in [1.807, 2.05) is 6.92 Å². The zero-order valence-corrected chi connectivity index (χ0v) is 9.29. The smallest absolute Gasteiger partial charge is 0.178 e. The molecule has 0 bridgehead atoms. The number of aliphatic hydroxyl groups is 1. The molecule has 4 heteroatoms. The maximum absolute atomic E-state index is 9.21. The van der Waals surface area contributed by atoms with Crippen LogP contribution >= 0.6 is 0 Å². The normalized spacial score (nSPS) is 13.1. The van der Waals surface area contributed by atoms with Gasteiger partial charge in [-0.05, 0) is 19.9 Å². The van der Waals surface area contributed by atoms with E-state index in [2.05, 4.69) is 12.2 Å². The van der Waals surface area contributed by atoms with Crippen molar-refractivity contribution in [3.63, 3.8) is 0 Å². The topological polar surface area (TPSA) is 50.7 Å². The molecule has 0 aromatic carbocycles. The quantitative estimate of drug-likeness (QED) is 0.408. The third kappa shape index (κ3) is 9.92. The van der Waals surface area contributed by atoms with Crippen LogP contribution in [0.5, 0.6) is 0 Å². The molecule has 0 rings (SSSR count). The molecular formula is C10H23NO3. The molecule has 0 fully saturated rings. The highest BCUT2D eigenvalue weighted by atomic mass is 16.6. The third-order valence-corrected chi connectivity index (χ3v) is 1.76. The van der Waals surface area contributed by atoms with E-state index in [1.165, 1.54) is 12.8 Å². The lowest BCUT2D eigenvalue weighted by Crippen LogP contribution is -2.26. The van der Waals surface area contributed by atoms with Crippen molar-refractivity contribution in [1.82, 2.24) is 5.32 Å². The highest BCUT2D eigenvalue weighted by Crippen LogP contribution is 1.88. The van der Waals surface area contributed by atoms with Gasteiger partial charge in [0.1, 0.15) is 0 Å². The number of rotatable bonds is 10. The Balaban J connectivity index is 3.02. The van der Waals surface area contributed by atoms with Gasteiger partial charge in [0.15, 0.2) is 6.29 Å². The van der Waals surface area contributed by atoms with Crippen LogP contribution in [0.25, 0.3) is 0 Å². The van der Waals surface area contributed by atoms with Gasteiger partial charge < -0.3 is 19.9 Å². The van der Waals surface area contributed by atoms with Gasteiger partial charge in [-0.15, -0.1) is 0 Å². The largest absolute Gasteiger partial charge is 0.376 e. The Morgan fingerprint density at radius 3 is 2.71 bits per heavy atom. The molecule has 0 saturated carbocycles. The van der Waals surface area contributed by atoms with Gasteiger partial charge in [-0.1, -0.05) is 13.3 Å². The van der Waals surface area contributed by atoms with Crippen molar-refractivity contribution in [3.8, 4) is 0 Å². The fourth-order valence-corrected chi connectivity index (χ4v) is 0.961. The number of aliphatic hydroxyl groups excluding tert-OH is 1. The van der Waals surface area contributed by atoms with E-state index >= 15 is 0 Å². The van der Waals surface area contributed by atoms with Crippen LogP contribution < -0.4 is 5.32 Å². The van der Waals surface area contributed by atoms with E-state index in [9.17, 15) is 5.11 Å². The second-order valence-electron chi connectivity index (χ2n) is 3.09. The summed E-state index contributed by atoms with van der Waals surface area (Å²) in [6.07, 6.45) is 1.59. The van der Waals surface area contributed by atoms with Gasteiger partial charge in [-0.25, -0.2) is 0 Å². The van der Waals surface area contributed by atoms with Crippen molar-refractivity contribution >= 4 is 0 Å². The minimum Gasteiger partial charge on any atom is -0.376 e. The molecule has 14 heavy (non-hydrogen) atoms. The Hall–Kier alpha value is -0.160. The zero-order valence-electron chi connectivity index (χ0n) is 9.29. The summed E-state index contributed by atoms with van der Waals surface area (Å²) in [5, 5.41) is 12.4. The number of nitrogens with one attached hydrogen (secondary N) is 1. The molecule has 0 radical (unpaired) electrons. The summed E-state index contributed by atoms with van der Waals surface area (Å²) in [7, 11) is 0. The molecule has 0 spiro atoms. The molecule has 0 aliphatic carbocycles. The zero-order chi connectivity index (χ0) is 10.6. The first-order chi connectivity index (χ1) is 6.81. The maximum atomic E-state index is 9.21. The van der Waals surface area contributed by atoms with Crippen molar-refractivity contribution in [3.05, 3.63) is 0 Å². The highest BCUT2D eigenvalue weighted by Gasteiger charge is 2.01. The molecule has 1 atom stereocenters. The monoisotopic (exact) mass is 205 g/mol. The number of unbranched alkanes of at least 4 members (excludes halogenated alkanes) is 1. The van der Waals surface area contributed by atoms with Crippen molar-refractivity contribution < 1.29 is 14.6 Å². The van der Waals surface area contributed by atoms with Crippen molar-refractivity contribution in [2.45, 2.75) is 33.0 Å². The van der Waals surface area contributed by atoms with E-state index in [0.29, 0.717) is 13.2 Å².